The zero-order valence-electron chi connectivity index (χ0n) is 32.8. The molecule has 0 aliphatic heterocycles. The third-order valence-electron chi connectivity index (χ3n) is 8.67. The molecule has 52 heavy (non-hydrogen) atoms. The highest BCUT2D eigenvalue weighted by atomic mass is 31.2. The summed E-state index contributed by atoms with van der Waals surface area (Å²) >= 11 is 0. The monoisotopic (exact) mass is 755 g/mol. The number of hydrogen-bond acceptors (Lipinski definition) is 7. The lowest BCUT2D eigenvalue weighted by Crippen LogP contribution is -2.29. The van der Waals surface area contributed by atoms with Crippen molar-refractivity contribution in [2.24, 2.45) is 0 Å². The summed E-state index contributed by atoms with van der Waals surface area (Å²) in [6, 6.07) is 0. The van der Waals surface area contributed by atoms with E-state index in [9.17, 15) is 19.3 Å². The Morgan fingerprint density at radius 2 is 1.04 bits per heavy atom. The summed E-state index contributed by atoms with van der Waals surface area (Å²) in [4.78, 5) is 42.8. The first kappa shape index (κ1) is 50.0. The van der Waals surface area contributed by atoms with E-state index in [0.29, 0.717) is 19.3 Å². The largest absolute Gasteiger partial charge is 0.469 e. The lowest BCUT2D eigenvalue weighted by molar-refractivity contribution is -0.161. The molecule has 9 nitrogen and oxygen atoms in total. The van der Waals surface area contributed by atoms with Crippen LogP contribution in [0.5, 0.6) is 0 Å². The Labute approximate surface area is 317 Å². The van der Waals surface area contributed by atoms with Crippen LogP contribution in [0.15, 0.2) is 48.6 Å². The van der Waals surface area contributed by atoms with Gasteiger partial charge in [0.2, 0.25) is 0 Å². The summed E-state index contributed by atoms with van der Waals surface area (Å²) in [5.74, 6) is -0.970. The van der Waals surface area contributed by atoms with Gasteiger partial charge in [0.25, 0.3) is 0 Å². The van der Waals surface area contributed by atoms with Crippen LogP contribution in [0.1, 0.15) is 181 Å². The standard InChI is InChI=1S/C42H75O9P/c1-3-5-7-8-9-10-11-12-13-14-15-20-23-26-29-32-36-42(45)51-40(38-50-52(46,47)48)37-49-41(44)35-31-28-25-22-19-17-16-18-21-24-27-30-34-39(43)33-6-4-2/h16-17,21-22,24-25,30,34,39-40,43H,3-15,18-20,23,26-29,31-33,35-38H2,1-2H3,(H2,46,47,48)/b17-16-,24-21-,25-22-,34-30-/t39-,40+/m0/s1. The second-order valence-electron chi connectivity index (χ2n) is 13.8. The predicted molar refractivity (Wildman–Crippen MR) is 213 cm³/mol. The molecule has 0 saturated carbocycles. The molecule has 0 aliphatic rings. The summed E-state index contributed by atoms with van der Waals surface area (Å²) in [6.07, 6.45) is 41.7. The molecule has 0 amide bonds. The van der Waals surface area contributed by atoms with Gasteiger partial charge in [-0.2, -0.15) is 0 Å². The highest BCUT2D eigenvalue weighted by molar-refractivity contribution is 7.46. The number of esters is 2. The minimum Gasteiger partial charge on any atom is -0.462 e. The SMILES string of the molecule is CCCCCCCCCCCCCCCCCCC(=O)O[C@H](COC(=O)CCC/C=C\C/C=C\C/C=C\C/C=C\[C@@H](O)CCCC)COP(=O)(O)O. The molecule has 0 saturated heterocycles. The highest BCUT2D eigenvalue weighted by Gasteiger charge is 2.22. The molecule has 0 aromatic heterocycles. The maximum Gasteiger partial charge on any atom is 0.469 e. The van der Waals surface area contributed by atoms with E-state index in [1.54, 1.807) is 0 Å². The Hall–Kier alpha value is -2.03. The van der Waals surface area contributed by atoms with Gasteiger partial charge in [-0.3, -0.25) is 14.1 Å². The zero-order chi connectivity index (χ0) is 38.4. The number of hydrogen-bond donors (Lipinski definition) is 3. The molecule has 0 unspecified atom stereocenters. The van der Waals surface area contributed by atoms with Crippen molar-refractivity contribution < 1.29 is 43.0 Å². The Balaban J connectivity index is 4.04. The molecule has 0 spiro atoms. The van der Waals surface area contributed by atoms with Crippen LogP contribution in [-0.2, 0) is 28.2 Å². The molecular weight excluding hydrogens is 679 g/mol. The number of unbranched alkanes of at least 4 members (excludes halogenated alkanes) is 17. The van der Waals surface area contributed by atoms with Crippen LogP contribution in [0, 0.1) is 0 Å². The van der Waals surface area contributed by atoms with Crippen molar-refractivity contribution in [1.82, 2.24) is 0 Å². The summed E-state index contributed by atoms with van der Waals surface area (Å²) in [5, 5.41) is 9.78. The first-order chi connectivity index (χ1) is 25.2. The molecule has 0 radical (unpaired) electrons. The first-order valence-corrected chi connectivity index (χ1v) is 22.1. The number of phosphoric acid groups is 1. The number of aliphatic hydroxyl groups excluding tert-OH is 1. The topological polar surface area (TPSA) is 140 Å². The number of allylic oxidation sites excluding steroid dienone is 7. The third-order valence-corrected chi connectivity index (χ3v) is 9.16. The summed E-state index contributed by atoms with van der Waals surface area (Å²) in [7, 11) is -4.77. The highest BCUT2D eigenvalue weighted by Crippen LogP contribution is 2.36. The van der Waals surface area contributed by atoms with E-state index >= 15 is 0 Å². The van der Waals surface area contributed by atoms with E-state index in [-0.39, 0.29) is 25.6 Å². The quantitative estimate of drug-likeness (QED) is 0.0245. The average Bonchev–Trinajstić information content (AvgIpc) is 3.11. The summed E-state index contributed by atoms with van der Waals surface area (Å²) in [5.41, 5.74) is 0. The molecule has 3 N–H and O–H groups in total. The van der Waals surface area contributed by atoms with Crippen molar-refractivity contribution in [3.05, 3.63) is 48.6 Å². The minimum absolute atomic E-state index is 0.175. The zero-order valence-corrected chi connectivity index (χ0v) is 33.7. The number of phosphoric ester groups is 1. The Morgan fingerprint density at radius 3 is 1.56 bits per heavy atom. The second-order valence-corrected chi connectivity index (χ2v) is 15.0. The molecule has 0 fully saturated rings. The van der Waals surface area contributed by atoms with E-state index < -0.39 is 32.5 Å². The number of carbonyl (C=O) groups is 2. The van der Waals surface area contributed by atoms with Gasteiger partial charge in [0.1, 0.15) is 6.61 Å². The van der Waals surface area contributed by atoms with Crippen LogP contribution in [0.3, 0.4) is 0 Å². The van der Waals surface area contributed by atoms with E-state index in [2.05, 4.69) is 42.7 Å². The van der Waals surface area contributed by atoms with Crippen LogP contribution in [0.4, 0.5) is 0 Å². The van der Waals surface area contributed by atoms with Crippen molar-refractivity contribution in [2.45, 2.75) is 193 Å². The number of rotatable bonds is 37. The molecule has 0 heterocycles. The minimum atomic E-state index is -4.77. The van der Waals surface area contributed by atoms with Gasteiger partial charge >= 0.3 is 19.8 Å². The normalized spacial score (nSPS) is 13.6. The summed E-state index contributed by atoms with van der Waals surface area (Å²) in [6.45, 7) is 3.49. The third kappa shape index (κ3) is 39.2. The van der Waals surface area contributed by atoms with Gasteiger partial charge in [-0.1, -0.05) is 172 Å². The van der Waals surface area contributed by atoms with Gasteiger partial charge in [0.15, 0.2) is 6.10 Å². The van der Waals surface area contributed by atoms with Gasteiger partial charge in [0.05, 0.1) is 12.7 Å². The smallest absolute Gasteiger partial charge is 0.462 e. The van der Waals surface area contributed by atoms with Gasteiger partial charge in [0, 0.05) is 12.8 Å². The van der Waals surface area contributed by atoms with Crippen LogP contribution < -0.4 is 0 Å². The molecule has 0 aliphatic carbocycles. The summed E-state index contributed by atoms with van der Waals surface area (Å²) < 4.78 is 26.3. The van der Waals surface area contributed by atoms with Crippen LogP contribution >= 0.6 is 7.82 Å². The number of aliphatic hydroxyl groups is 1. The van der Waals surface area contributed by atoms with Gasteiger partial charge < -0.3 is 24.4 Å². The van der Waals surface area contributed by atoms with E-state index in [4.69, 9.17) is 19.3 Å². The molecule has 0 aromatic rings. The van der Waals surface area contributed by atoms with Crippen LogP contribution in [0.2, 0.25) is 0 Å². The van der Waals surface area contributed by atoms with Crippen molar-refractivity contribution in [3.8, 4) is 0 Å². The van der Waals surface area contributed by atoms with Crippen molar-refractivity contribution in [3.63, 3.8) is 0 Å². The Bertz CT molecular complexity index is 1000. The molecule has 0 bridgehead atoms. The predicted octanol–water partition coefficient (Wildman–Crippen LogP) is 11.3. The molecule has 2 atom stereocenters. The van der Waals surface area contributed by atoms with Crippen LogP contribution in [-0.4, -0.2) is 52.3 Å². The molecule has 0 aromatic carbocycles. The Kier molecular flexibility index (Phi) is 35.8. The first-order valence-electron chi connectivity index (χ1n) is 20.5. The van der Waals surface area contributed by atoms with Gasteiger partial charge in [-0.15, -0.1) is 0 Å². The van der Waals surface area contributed by atoms with E-state index in [1.807, 2.05) is 24.3 Å². The second kappa shape index (κ2) is 37.3. The van der Waals surface area contributed by atoms with Crippen molar-refractivity contribution >= 4 is 19.8 Å². The maximum absolute atomic E-state index is 12.4. The fourth-order valence-electron chi connectivity index (χ4n) is 5.56. The molecule has 10 heteroatoms. The van der Waals surface area contributed by atoms with E-state index in [0.717, 1.165) is 57.8 Å². The average molecular weight is 755 g/mol. The molecule has 302 valence electrons. The lowest BCUT2D eigenvalue weighted by atomic mass is 10.0. The lowest BCUT2D eigenvalue weighted by Gasteiger charge is -2.18. The molecule has 0 rings (SSSR count). The number of carbonyl (C=O) groups excluding carboxylic acids is 2. The van der Waals surface area contributed by atoms with Crippen molar-refractivity contribution in [2.75, 3.05) is 13.2 Å². The van der Waals surface area contributed by atoms with E-state index in [1.165, 1.54) is 77.0 Å². The van der Waals surface area contributed by atoms with Crippen LogP contribution in [0.25, 0.3) is 0 Å². The fourth-order valence-corrected chi connectivity index (χ4v) is 5.92. The van der Waals surface area contributed by atoms with Gasteiger partial charge in [-0.25, -0.2) is 4.57 Å². The van der Waals surface area contributed by atoms with Gasteiger partial charge in [-0.05, 0) is 44.9 Å². The molecular formula is C42H75O9P. The fraction of sp³-hybridized carbons (Fsp3) is 0.762. The van der Waals surface area contributed by atoms with Crippen molar-refractivity contribution in [1.29, 1.82) is 0 Å². The Morgan fingerprint density at radius 1 is 0.577 bits per heavy atom. The number of ether oxygens (including phenoxy) is 2. The maximum atomic E-state index is 12.4.